The van der Waals surface area contributed by atoms with Crippen molar-refractivity contribution in [3.05, 3.63) is 34.9 Å². The zero-order valence-electron chi connectivity index (χ0n) is 11.4. The van der Waals surface area contributed by atoms with Crippen LogP contribution in [0.25, 0.3) is 0 Å². The van der Waals surface area contributed by atoms with E-state index in [2.05, 4.69) is 24.4 Å². The fourth-order valence-electron chi connectivity index (χ4n) is 2.02. The number of halogens is 1. The Labute approximate surface area is 116 Å². The van der Waals surface area contributed by atoms with Crippen molar-refractivity contribution in [3.8, 4) is 0 Å². The lowest BCUT2D eigenvalue weighted by molar-refractivity contribution is 0.192. The van der Waals surface area contributed by atoms with Gasteiger partial charge in [0.15, 0.2) is 0 Å². The van der Waals surface area contributed by atoms with E-state index < -0.39 is 0 Å². The van der Waals surface area contributed by atoms with Crippen LogP contribution in [0.15, 0.2) is 24.3 Å². The maximum absolute atomic E-state index is 5.92. The van der Waals surface area contributed by atoms with Crippen LogP contribution in [0.3, 0.4) is 0 Å². The van der Waals surface area contributed by atoms with E-state index >= 15 is 0 Å². The molecule has 0 bridgehead atoms. The molecule has 1 aromatic rings. The molecule has 2 nitrogen and oxygen atoms in total. The number of unbranched alkanes of at least 4 members (excludes halogenated alkanes) is 1. The molecule has 102 valence electrons. The van der Waals surface area contributed by atoms with Crippen LogP contribution in [0.1, 0.15) is 44.2 Å². The monoisotopic (exact) mass is 269 g/mol. The molecule has 1 unspecified atom stereocenters. The largest absolute Gasteiger partial charge is 0.385 e. The Morgan fingerprint density at radius 3 is 2.56 bits per heavy atom. The third-order valence-corrected chi connectivity index (χ3v) is 3.27. The van der Waals surface area contributed by atoms with Gasteiger partial charge in [0.25, 0.3) is 0 Å². The molecule has 1 atom stereocenters. The Hall–Kier alpha value is -0.570. The van der Waals surface area contributed by atoms with E-state index in [0.717, 1.165) is 37.4 Å². The normalized spacial score (nSPS) is 12.6. The molecule has 0 aliphatic carbocycles. The van der Waals surface area contributed by atoms with E-state index in [-0.39, 0.29) is 0 Å². The van der Waals surface area contributed by atoms with Gasteiger partial charge in [0.1, 0.15) is 0 Å². The molecule has 3 heteroatoms. The first-order valence-electron chi connectivity index (χ1n) is 6.75. The summed E-state index contributed by atoms with van der Waals surface area (Å²) in [6.45, 7) is 4.10. The molecule has 0 spiro atoms. The number of rotatable bonds is 9. The number of hydrogen-bond donors (Lipinski definition) is 1. The lowest BCUT2D eigenvalue weighted by Gasteiger charge is -2.18. The third kappa shape index (κ3) is 5.85. The van der Waals surface area contributed by atoms with Gasteiger partial charge in [0, 0.05) is 24.8 Å². The van der Waals surface area contributed by atoms with Gasteiger partial charge >= 0.3 is 0 Å². The summed E-state index contributed by atoms with van der Waals surface area (Å²) in [6.07, 6.45) is 4.61. The van der Waals surface area contributed by atoms with Crippen LogP contribution < -0.4 is 5.32 Å². The Kier molecular flexibility index (Phi) is 8.06. The molecule has 0 heterocycles. The van der Waals surface area contributed by atoms with Gasteiger partial charge in [-0.25, -0.2) is 0 Å². The lowest BCUT2D eigenvalue weighted by Crippen LogP contribution is -2.22. The van der Waals surface area contributed by atoms with Crippen molar-refractivity contribution in [3.63, 3.8) is 0 Å². The highest BCUT2D eigenvalue weighted by Crippen LogP contribution is 2.20. The Bertz CT molecular complexity index is 313. The standard InChI is InChI=1S/C15H24ClNO/c1-3-6-15(17-11-4-5-12-18-2)13-7-9-14(16)10-8-13/h7-10,15,17H,3-6,11-12H2,1-2H3. The van der Waals surface area contributed by atoms with E-state index in [9.17, 15) is 0 Å². The summed E-state index contributed by atoms with van der Waals surface area (Å²) in [5, 5.41) is 4.42. The van der Waals surface area contributed by atoms with Crippen LogP contribution in [-0.4, -0.2) is 20.3 Å². The second-order valence-corrected chi connectivity index (χ2v) is 4.98. The van der Waals surface area contributed by atoms with Crippen molar-refractivity contribution in [2.45, 2.75) is 38.6 Å². The van der Waals surface area contributed by atoms with Gasteiger partial charge in [-0.2, -0.15) is 0 Å². The molecular weight excluding hydrogens is 246 g/mol. The van der Waals surface area contributed by atoms with Gasteiger partial charge in [-0.05, 0) is 43.5 Å². The third-order valence-electron chi connectivity index (χ3n) is 3.02. The van der Waals surface area contributed by atoms with E-state index in [4.69, 9.17) is 16.3 Å². The van der Waals surface area contributed by atoms with E-state index in [1.165, 1.54) is 12.0 Å². The zero-order valence-corrected chi connectivity index (χ0v) is 12.2. The van der Waals surface area contributed by atoms with Crippen molar-refractivity contribution < 1.29 is 4.74 Å². The van der Waals surface area contributed by atoms with Gasteiger partial charge in [-0.15, -0.1) is 0 Å². The molecule has 1 N–H and O–H groups in total. The second-order valence-electron chi connectivity index (χ2n) is 4.55. The summed E-state index contributed by atoms with van der Waals surface area (Å²) in [5.41, 5.74) is 1.33. The van der Waals surface area contributed by atoms with E-state index in [1.54, 1.807) is 7.11 Å². The van der Waals surface area contributed by atoms with Crippen LogP contribution in [-0.2, 0) is 4.74 Å². The topological polar surface area (TPSA) is 21.3 Å². The van der Waals surface area contributed by atoms with Crippen molar-refractivity contribution in [1.82, 2.24) is 5.32 Å². The Morgan fingerprint density at radius 2 is 1.94 bits per heavy atom. The number of methoxy groups -OCH3 is 1. The molecule has 0 fully saturated rings. The zero-order chi connectivity index (χ0) is 13.2. The highest BCUT2D eigenvalue weighted by molar-refractivity contribution is 6.30. The van der Waals surface area contributed by atoms with Crippen molar-refractivity contribution in [2.24, 2.45) is 0 Å². The van der Waals surface area contributed by atoms with Crippen LogP contribution >= 0.6 is 11.6 Å². The molecule has 0 saturated heterocycles. The summed E-state index contributed by atoms with van der Waals surface area (Å²) >= 11 is 5.92. The van der Waals surface area contributed by atoms with Gasteiger partial charge < -0.3 is 10.1 Å². The predicted octanol–water partition coefficient (Wildman–Crippen LogP) is 4.20. The lowest BCUT2D eigenvalue weighted by atomic mass is 10.0. The maximum Gasteiger partial charge on any atom is 0.0462 e. The minimum absolute atomic E-state index is 0.440. The minimum atomic E-state index is 0.440. The van der Waals surface area contributed by atoms with Gasteiger partial charge in [0.05, 0.1) is 0 Å². The minimum Gasteiger partial charge on any atom is -0.385 e. The van der Waals surface area contributed by atoms with Crippen LogP contribution in [0.4, 0.5) is 0 Å². The second kappa shape index (κ2) is 9.37. The molecule has 18 heavy (non-hydrogen) atoms. The molecule has 0 amide bonds. The van der Waals surface area contributed by atoms with Gasteiger partial charge in [-0.3, -0.25) is 0 Å². The molecule has 0 aliphatic heterocycles. The van der Waals surface area contributed by atoms with Crippen LogP contribution in [0, 0.1) is 0 Å². The van der Waals surface area contributed by atoms with Crippen LogP contribution in [0.5, 0.6) is 0 Å². The highest BCUT2D eigenvalue weighted by atomic mass is 35.5. The molecule has 0 radical (unpaired) electrons. The van der Waals surface area contributed by atoms with Gasteiger partial charge in [0.2, 0.25) is 0 Å². The van der Waals surface area contributed by atoms with Crippen LogP contribution in [0.2, 0.25) is 5.02 Å². The predicted molar refractivity (Wildman–Crippen MR) is 78.2 cm³/mol. The smallest absolute Gasteiger partial charge is 0.0462 e. The SMILES string of the molecule is CCCC(NCCCCOC)c1ccc(Cl)cc1. The maximum atomic E-state index is 5.92. The number of benzene rings is 1. The number of nitrogens with one attached hydrogen (secondary N) is 1. The molecule has 0 aliphatic rings. The van der Waals surface area contributed by atoms with E-state index in [0.29, 0.717) is 6.04 Å². The van der Waals surface area contributed by atoms with Crippen molar-refractivity contribution >= 4 is 11.6 Å². The summed E-state index contributed by atoms with van der Waals surface area (Å²) in [6, 6.07) is 8.60. The molecule has 0 aromatic heterocycles. The average Bonchev–Trinajstić information content (AvgIpc) is 2.38. The quantitative estimate of drug-likeness (QED) is 0.679. The molecule has 1 rings (SSSR count). The molecule has 0 saturated carbocycles. The summed E-state index contributed by atoms with van der Waals surface area (Å²) in [4.78, 5) is 0. The summed E-state index contributed by atoms with van der Waals surface area (Å²) < 4.78 is 5.05. The van der Waals surface area contributed by atoms with Crippen molar-refractivity contribution in [1.29, 1.82) is 0 Å². The fraction of sp³-hybridized carbons (Fsp3) is 0.600. The fourth-order valence-corrected chi connectivity index (χ4v) is 2.14. The molecule has 1 aromatic carbocycles. The number of ether oxygens (including phenoxy) is 1. The first-order valence-corrected chi connectivity index (χ1v) is 7.13. The number of hydrogen-bond acceptors (Lipinski definition) is 2. The summed E-state index contributed by atoms with van der Waals surface area (Å²) in [5.74, 6) is 0. The average molecular weight is 270 g/mol. The first-order chi connectivity index (χ1) is 8.77. The Morgan fingerprint density at radius 1 is 1.22 bits per heavy atom. The summed E-state index contributed by atoms with van der Waals surface area (Å²) in [7, 11) is 1.75. The van der Waals surface area contributed by atoms with Crippen molar-refractivity contribution in [2.75, 3.05) is 20.3 Å². The first kappa shape index (κ1) is 15.5. The molecular formula is C15H24ClNO. The van der Waals surface area contributed by atoms with Gasteiger partial charge in [-0.1, -0.05) is 37.1 Å². The highest BCUT2D eigenvalue weighted by Gasteiger charge is 2.09. The van der Waals surface area contributed by atoms with E-state index in [1.807, 2.05) is 12.1 Å². The Balaban J connectivity index is 2.41.